The maximum atomic E-state index is 10.6. The molecule has 3 heterocycles. The molecule has 0 fully saturated rings. The average Bonchev–Trinajstić information content (AvgIpc) is 3.11. The Morgan fingerprint density at radius 1 is 1.14 bits per heavy atom. The highest BCUT2D eigenvalue weighted by Crippen LogP contribution is 2.23. The van der Waals surface area contributed by atoms with E-state index in [4.69, 9.17) is 5.73 Å². The van der Waals surface area contributed by atoms with E-state index in [9.17, 15) is 10.2 Å². The van der Waals surface area contributed by atoms with Gasteiger partial charge >= 0.3 is 0 Å². The van der Waals surface area contributed by atoms with Gasteiger partial charge in [-0.1, -0.05) is 11.8 Å². The van der Waals surface area contributed by atoms with Crippen LogP contribution in [0.25, 0.3) is 16.7 Å². The van der Waals surface area contributed by atoms with E-state index in [0.29, 0.717) is 22.6 Å². The van der Waals surface area contributed by atoms with E-state index in [1.807, 2.05) is 6.07 Å². The van der Waals surface area contributed by atoms with E-state index in [0.717, 1.165) is 5.39 Å². The van der Waals surface area contributed by atoms with Crippen LogP contribution in [0.2, 0.25) is 0 Å². The predicted octanol–water partition coefficient (Wildman–Crippen LogP) is 0.939. The Morgan fingerprint density at radius 3 is 2.66 bits per heavy atom. The Labute approximate surface area is 165 Å². The number of benzene rings is 1. The minimum atomic E-state index is -1.51. The topological polar surface area (TPSA) is 136 Å². The number of fused-ring (bicyclic) bond motifs is 1. The smallest absolute Gasteiger partial charge is 0.221 e. The van der Waals surface area contributed by atoms with Crippen LogP contribution >= 0.6 is 0 Å². The molecule has 0 radical (unpaired) electrons. The quantitative estimate of drug-likeness (QED) is 0.442. The van der Waals surface area contributed by atoms with Crippen molar-refractivity contribution in [2.45, 2.75) is 19.1 Å². The SMILES string of the molecule is CC(O)(C#Cc1ccc2c(CO)nn(-c3ccnc(N)n3)c2c1)c1ncccn1. The van der Waals surface area contributed by atoms with Crippen LogP contribution in [0.1, 0.15) is 24.0 Å². The van der Waals surface area contributed by atoms with Crippen molar-refractivity contribution in [3.63, 3.8) is 0 Å². The van der Waals surface area contributed by atoms with Gasteiger partial charge in [-0.2, -0.15) is 10.1 Å². The van der Waals surface area contributed by atoms with Crippen molar-refractivity contribution in [3.05, 3.63) is 66.0 Å². The molecule has 0 amide bonds. The molecule has 29 heavy (non-hydrogen) atoms. The molecule has 144 valence electrons. The maximum absolute atomic E-state index is 10.6. The fraction of sp³-hybridized carbons (Fsp3) is 0.150. The first kappa shape index (κ1) is 18.5. The summed E-state index contributed by atoms with van der Waals surface area (Å²) in [4.78, 5) is 16.2. The van der Waals surface area contributed by atoms with E-state index in [2.05, 4.69) is 36.9 Å². The lowest BCUT2D eigenvalue weighted by molar-refractivity contribution is 0.112. The number of nitrogens with zero attached hydrogens (tertiary/aromatic N) is 6. The second-order valence-corrected chi connectivity index (χ2v) is 6.42. The zero-order chi connectivity index (χ0) is 20.4. The molecule has 4 rings (SSSR count). The Kier molecular flexibility index (Phi) is 4.64. The van der Waals surface area contributed by atoms with Gasteiger partial charge in [-0.3, -0.25) is 0 Å². The Balaban J connectivity index is 1.80. The molecule has 0 spiro atoms. The number of hydrogen-bond acceptors (Lipinski definition) is 8. The molecule has 4 aromatic rings. The second-order valence-electron chi connectivity index (χ2n) is 6.42. The van der Waals surface area contributed by atoms with Gasteiger partial charge in [-0.15, -0.1) is 0 Å². The number of aliphatic hydroxyl groups is 2. The largest absolute Gasteiger partial charge is 0.390 e. The number of nitrogens with two attached hydrogens (primary N) is 1. The highest BCUT2D eigenvalue weighted by Gasteiger charge is 2.23. The van der Waals surface area contributed by atoms with Crippen molar-refractivity contribution >= 4 is 16.9 Å². The first-order chi connectivity index (χ1) is 14.0. The van der Waals surface area contributed by atoms with Crippen LogP contribution in [0.5, 0.6) is 0 Å². The first-order valence-electron chi connectivity index (χ1n) is 8.72. The minimum Gasteiger partial charge on any atom is -0.390 e. The number of aromatic nitrogens is 6. The van der Waals surface area contributed by atoms with Crippen molar-refractivity contribution in [3.8, 4) is 17.7 Å². The number of rotatable bonds is 3. The monoisotopic (exact) mass is 387 g/mol. The van der Waals surface area contributed by atoms with Crippen LogP contribution in [-0.4, -0.2) is 39.9 Å². The van der Waals surface area contributed by atoms with Crippen molar-refractivity contribution < 1.29 is 10.2 Å². The fourth-order valence-electron chi connectivity index (χ4n) is 2.83. The third-order valence-electron chi connectivity index (χ3n) is 4.24. The first-order valence-corrected chi connectivity index (χ1v) is 8.72. The second kappa shape index (κ2) is 7.27. The number of nitrogen functional groups attached to an aromatic ring is 1. The van der Waals surface area contributed by atoms with E-state index in [-0.39, 0.29) is 18.4 Å². The van der Waals surface area contributed by atoms with Crippen LogP contribution in [0.3, 0.4) is 0 Å². The highest BCUT2D eigenvalue weighted by atomic mass is 16.3. The molecule has 1 aromatic carbocycles. The molecular weight excluding hydrogens is 370 g/mol. The van der Waals surface area contributed by atoms with Gasteiger partial charge < -0.3 is 15.9 Å². The number of anilines is 1. The van der Waals surface area contributed by atoms with Gasteiger partial charge in [0.1, 0.15) is 0 Å². The summed E-state index contributed by atoms with van der Waals surface area (Å²) in [6, 6.07) is 8.73. The average molecular weight is 387 g/mol. The van der Waals surface area contributed by atoms with Gasteiger partial charge in [0, 0.05) is 35.6 Å². The molecule has 0 saturated carbocycles. The lowest BCUT2D eigenvalue weighted by atomic mass is 10.1. The number of hydrogen-bond donors (Lipinski definition) is 3. The van der Waals surface area contributed by atoms with Crippen molar-refractivity contribution in [2.75, 3.05) is 5.73 Å². The summed E-state index contributed by atoms with van der Waals surface area (Å²) in [6.07, 6.45) is 4.63. The molecule has 9 nitrogen and oxygen atoms in total. The van der Waals surface area contributed by atoms with Gasteiger partial charge in [0.05, 0.1) is 17.8 Å². The summed E-state index contributed by atoms with van der Waals surface area (Å²) in [5.41, 5.74) is 6.01. The summed E-state index contributed by atoms with van der Waals surface area (Å²) in [5.74, 6) is 6.56. The van der Waals surface area contributed by atoms with Crippen LogP contribution < -0.4 is 5.73 Å². The van der Waals surface area contributed by atoms with Crippen molar-refractivity contribution in [1.82, 2.24) is 29.7 Å². The molecule has 0 aliphatic rings. The van der Waals surface area contributed by atoms with E-state index in [1.165, 1.54) is 13.1 Å². The fourth-order valence-corrected chi connectivity index (χ4v) is 2.83. The van der Waals surface area contributed by atoms with Gasteiger partial charge in [0.2, 0.25) is 5.95 Å². The molecule has 1 atom stereocenters. The molecule has 1 unspecified atom stereocenters. The molecule has 0 saturated heterocycles. The summed E-state index contributed by atoms with van der Waals surface area (Å²) >= 11 is 0. The maximum Gasteiger partial charge on any atom is 0.221 e. The summed E-state index contributed by atoms with van der Waals surface area (Å²) in [5, 5.41) is 25.4. The lowest BCUT2D eigenvalue weighted by Crippen LogP contribution is -2.21. The lowest BCUT2D eigenvalue weighted by Gasteiger charge is -2.13. The Hall–Kier alpha value is -3.87. The van der Waals surface area contributed by atoms with Crippen LogP contribution in [0.4, 0.5) is 5.95 Å². The predicted molar refractivity (Wildman–Crippen MR) is 105 cm³/mol. The summed E-state index contributed by atoms with van der Waals surface area (Å²) in [6.45, 7) is 1.31. The Morgan fingerprint density at radius 2 is 1.93 bits per heavy atom. The standard InChI is InChI=1S/C20H17N7O2/c1-20(29,18-22-8-2-9-23-18)7-5-13-3-4-14-15(12-28)26-27(16(14)11-13)17-6-10-24-19(21)25-17/h2-4,6,8-11,28-29H,12H2,1H3,(H2,21,24,25). The molecule has 9 heteroatoms. The van der Waals surface area contributed by atoms with E-state index >= 15 is 0 Å². The van der Waals surface area contributed by atoms with Crippen LogP contribution in [0, 0.1) is 11.8 Å². The zero-order valence-electron chi connectivity index (χ0n) is 15.5. The number of aliphatic hydroxyl groups excluding tert-OH is 1. The zero-order valence-corrected chi connectivity index (χ0v) is 15.5. The minimum absolute atomic E-state index is 0.117. The van der Waals surface area contributed by atoms with Gasteiger partial charge in [-0.25, -0.2) is 19.6 Å². The normalized spacial score (nSPS) is 12.9. The highest BCUT2D eigenvalue weighted by molar-refractivity contribution is 5.84. The van der Waals surface area contributed by atoms with Crippen molar-refractivity contribution in [1.29, 1.82) is 0 Å². The van der Waals surface area contributed by atoms with E-state index < -0.39 is 5.60 Å². The molecule has 0 aliphatic heterocycles. The molecule has 0 aliphatic carbocycles. The molecular formula is C20H17N7O2. The molecule has 4 N–H and O–H groups in total. The summed E-state index contributed by atoms with van der Waals surface area (Å²) < 4.78 is 1.57. The third-order valence-corrected chi connectivity index (χ3v) is 4.24. The van der Waals surface area contributed by atoms with Crippen LogP contribution in [0.15, 0.2) is 48.9 Å². The Bertz CT molecular complexity index is 1240. The third kappa shape index (κ3) is 3.62. The van der Waals surface area contributed by atoms with Gasteiger partial charge in [0.15, 0.2) is 17.2 Å². The van der Waals surface area contributed by atoms with Gasteiger partial charge in [-0.05, 0) is 31.2 Å². The van der Waals surface area contributed by atoms with Crippen molar-refractivity contribution in [2.24, 2.45) is 0 Å². The van der Waals surface area contributed by atoms with Gasteiger partial charge in [0.25, 0.3) is 0 Å². The molecule has 0 bridgehead atoms. The van der Waals surface area contributed by atoms with E-state index in [1.54, 1.807) is 41.3 Å². The van der Waals surface area contributed by atoms with Crippen LogP contribution in [-0.2, 0) is 12.2 Å². The molecule has 3 aromatic heterocycles. The summed E-state index contributed by atoms with van der Waals surface area (Å²) in [7, 11) is 0.